The molecule has 24 heavy (non-hydrogen) atoms. The van der Waals surface area contributed by atoms with Gasteiger partial charge in [0.05, 0.1) is 18.5 Å². The number of amides is 1. The van der Waals surface area contributed by atoms with Crippen LogP contribution in [0, 0.1) is 12.8 Å². The molecule has 1 fully saturated rings. The van der Waals surface area contributed by atoms with Gasteiger partial charge in [0.25, 0.3) is 5.91 Å². The van der Waals surface area contributed by atoms with E-state index in [0.29, 0.717) is 35.2 Å². The highest BCUT2D eigenvalue weighted by Gasteiger charge is 2.22. The summed E-state index contributed by atoms with van der Waals surface area (Å²) in [6, 6.07) is 9.33. The summed E-state index contributed by atoms with van der Waals surface area (Å²) >= 11 is 0. The van der Waals surface area contributed by atoms with Crippen LogP contribution in [0.25, 0.3) is 5.65 Å². The molecular formula is C18H18N4O2. The largest absolute Gasteiger partial charge is 0.491 e. The predicted molar refractivity (Wildman–Crippen MR) is 90.3 cm³/mol. The molecule has 1 amide bonds. The highest BCUT2D eigenvalue weighted by molar-refractivity contribution is 6.08. The molecule has 1 aliphatic rings. The first-order chi connectivity index (χ1) is 11.7. The minimum atomic E-state index is -0.245. The molecule has 6 nitrogen and oxygen atoms in total. The molecule has 2 aromatic heterocycles. The Morgan fingerprint density at radius 3 is 3.00 bits per heavy atom. The summed E-state index contributed by atoms with van der Waals surface area (Å²) in [5.41, 5.74) is 2.49. The number of fused-ring (bicyclic) bond motifs is 1. The molecule has 6 heteroatoms. The second-order valence-electron chi connectivity index (χ2n) is 6.10. The van der Waals surface area contributed by atoms with Crippen LogP contribution in [0.4, 0.5) is 5.69 Å². The molecule has 0 spiro atoms. The van der Waals surface area contributed by atoms with E-state index in [-0.39, 0.29) is 5.91 Å². The molecule has 1 aromatic carbocycles. The van der Waals surface area contributed by atoms with Crippen LogP contribution < -0.4 is 10.1 Å². The SMILES string of the molecule is Cc1ccn2ncc(C(=O)Nc3ccccc3OCC3CC3)c2n1. The maximum Gasteiger partial charge on any atom is 0.261 e. The van der Waals surface area contributed by atoms with E-state index >= 15 is 0 Å². The minimum Gasteiger partial charge on any atom is -0.491 e. The Kier molecular flexibility index (Phi) is 3.65. The van der Waals surface area contributed by atoms with Crippen LogP contribution in [0.2, 0.25) is 0 Å². The second-order valence-corrected chi connectivity index (χ2v) is 6.10. The number of carbonyl (C=O) groups excluding carboxylic acids is 1. The first kappa shape index (κ1) is 14.7. The van der Waals surface area contributed by atoms with Gasteiger partial charge in [0.15, 0.2) is 5.65 Å². The smallest absolute Gasteiger partial charge is 0.261 e. The van der Waals surface area contributed by atoms with Gasteiger partial charge in [-0.1, -0.05) is 12.1 Å². The van der Waals surface area contributed by atoms with Crippen molar-refractivity contribution in [1.29, 1.82) is 0 Å². The topological polar surface area (TPSA) is 68.5 Å². The zero-order valence-electron chi connectivity index (χ0n) is 13.4. The van der Waals surface area contributed by atoms with E-state index in [1.807, 2.05) is 37.3 Å². The van der Waals surface area contributed by atoms with Gasteiger partial charge in [0, 0.05) is 11.9 Å². The quantitative estimate of drug-likeness (QED) is 0.784. The Morgan fingerprint density at radius 1 is 1.33 bits per heavy atom. The van der Waals surface area contributed by atoms with E-state index < -0.39 is 0 Å². The van der Waals surface area contributed by atoms with Gasteiger partial charge in [-0.2, -0.15) is 5.10 Å². The van der Waals surface area contributed by atoms with E-state index in [1.165, 1.54) is 19.0 Å². The Morgan fingerprint density at radius 2 is 2.17 bits per heavy atom. The van der Waals surface area contributed by atoms with Crippen molar-refractivity contribution in [3.05, 3.63) is 54.0 Å². The number of rotatable bonds is 5. The van der Waals surface area contributed by atoms with Gasteiger partial charge in [0.1, 0.15) is 11.3 Å². The first-order valence-corrected chi connectivity index (χ1v) is 8.05. The van der Waals surface area contributed by atoms with E-state index in [2.05, 4.69) is 15.4 Å². The molecule has 122 valence electrons. The Hall–Kier alpha value is -2.89. The fourth-order valence-corrected chi connectivity index (χ4v) is 2.50. The van der Waals surface area contributed by atoms with Gasteiger partial charge < -0.3 is 10.1 Å². The second kappa shape index (κ2) is 5.96. The van der Waals surface area contributed by atoms with E-state index in [4.69, 9.17) is 4.74 Å². The van der Waals surface area contributed by atoms with Crippen molar-refractivity contribution in [2.45, 2.75) is 19.8 Å². The summed E-state index contributed by atoms with van der Waals surface area (Å²) in [4.78, 5) is 17.0. The number of aryl methyl sites for hydroxylation is 1. The highest BCUT2D eigenvalue weighted by Crippen LogP contribution is 2.31. The average Bonchev–Trinajstić information content (AvgIpc) is 3.32. The van der Waals surface area contributed by atoms with E-state index in [1.54, 1.807) is 10.7 Å². The lowest BCUT2D eigenvalue weighted by Crippen LogP contribution is -2.13. The van der Waals surface area contributed by atoms with Gasteiger partial charge in [-0.05, 0) is 43.9 Å². The molecule has 1 saturated carbocycles. The fraction of sp³-hybridized carbons (Fsp3) is 0.278. The molecule has 0 saturated heterocycles. The third kappa shape index (κ3) is 2.95. The van der Waals surface area contributed by atoms with Crippen LogP contribution >= 0.6 is 0 Å². The van der Waals surface area contributed by atoms with E-state index in [9.17, 15) is 4.79 Å². The van der Waals surface area contributed by atoms with Crippen molar-refractivity contribution in [2.75, 3.05) is 11.9 Å². The van der Waals surface area contributed by atoms with Crippen LogP contribution in [0.1, 0.15) is 28.9 Å². The molecule has 0 bridgehead atoms. The van der Waals surface area contributed by atoms with Crippen LogP contribution in [-0.4, -0.2) is 27.1 Å². The number of ether oxygens (including phenoxy) is 1. The summed E-state index contributed by atoms with van der Waals surface area (Å²) in [7, 11) is 0. The van der Waals surface area contributed by atoms with Crippen molar-refractivity contribution < 1.29 is 9.53 Å². The Bertz CT molecular complexity index is 899. The number of aromatic nitrogens is 3. The summed E-state index contributed by atoms with van der Waals surface area (Å²) in [5.74, 6) is 1.10. The van der Waals surface area contributed by atoms with Crippen LogP contribution in [0.15, 0.2) is 42.7 Å². The monoisotopic (exact) mass is 322 g/mol. The van der Waals surface area contributed by atoms with Crippen LogP contribution in [-0.2, 0) is 0 Å². The summed E-state index contributed by atoms with van der Waals surface area (Å²) in [6.07, 6.45) is 5.77. The van der Waals surface area contributed by atoms with Gasteiger partial charge in [0.2, 0.25) is 0 Å². The highest BCUT2D eigenvalue weighted by atomic mass is 16.5. The summed E-state index contributed by atoms with van der Waals surface area (Å²) in [5, 5.41) is 7.09. The number of hydrogen-bond donors (Lipinski definition) is 1. The molecule has 2 heterocycles. The average molecular weight is 322 g/mol. The number of nitrogens with one attached hydrogen (secondary N) is 1. The number of para-hydroxylation sites is 2. The van der Waals surface area contributed by atoms with Gasteiger partial charge >= 0.3 is 0 Å². The lowest BCUT2D eigenvalue weighted by atomic mass is 10.2. The third-order valence-corrected chi connectivity index (χ3v) is 4.06. The number of hydrogen-bond acceptors (Lipinski definition) is 4. The molecule has 0 unspecified atom stereocenters. The predicted octanol–water partition coefficient (Wildman–Crippen LogP) is 3.08. The van der Waals surface area contributed by atoms with Gasteiger partial charge in [-0.25, -0.2) is 9.50 Å². The molecule has 4 rings (SSSR count). The van der Waals surface area contributed by atoms with Crippen molar-refractivity contribution in [3.63, 3.8) is 0 Å². The molecular weight excluding hydrogens is 304 g/mol. The number of nitrogens with zero attached hydrogens (tertiary/aromatic N) is 3. The lowest BCUT2D eigenvalue weighted by molar-refractivity contribution is 0.102. The Balaban J connectivity index is 1.58. The standard InChI is InChI=1S/C18H18N4O2/c1-12-8-9-22-17(20-12)14(10-19-22)18(23)21-15-4-2-3-5-16(15)24-11-13-6-7-13/h2-5,8-10,13H,6-7,11H2,1H3,(H,21,23). The fourth-order valence-electron chi connectivity index (χ4n) is 2.50. The number of carbonyl (C=O) groups is 1. The lowest BCUT2D eigenvalue weighted by Gasteiger charge is -2.11. The minimum absolute atomic E-state index is 0.245. The molecule has 0 aliphatic heterocycles. The van der Waals surface area contributed by atoms with Crippen molar-refractivity contribution >= 4 is 17.2 Å². The maximum absolute atomic E-state index is 12.6. The molecule has 1 aliphatic carbocycles. The van der Waals surface area contributed by atoms with Crippen LogP contribution in [0.5, 0.6) is 5.75 Å². The third-order valence-electron chi connectivity index (χ3n) is 4.06. The zero-order chi connectivity index (χ0) is 16.5. The Labute approximate surface area is 139 Å². The van der Waals surface area contributed by atoms with Crippen molar-refractivity contribution in [2.24, 2.45) is 5.92 Å². The molecule has 1 N–H and O–H groups in total. The molecule has 3 aromatic rings. The van der Waals surface area contributed by atoms with Gasteiger partial charge in [-0.15, -0.1) is 0 Å². The van der Waals surface area contributed by atoms with Crippen LogP contribution in [0.3, 0.4) is 0 Å². The maximum atomic E-state index is 12.6. The molecule has 0 radical (unpaired) electrons. The number of anilines is 1. The number of benzene rings is 1. The van der Waals surface area contributed by atoms with Crippen molar-refractivity contribution in [3.8, 4) is 5.75 Å². The summed E-state index contributed by atoms with van der Waals surface area (Å²) in [6.45, 7) is 2.58. The summed E-state index contributed by atoms with van der Waals surface area (Å²) < 4.78 is 7.43. The zero-order valence-corrected chi connectivity index (χ0v) is 13.4. The first-order valence-electron chi connectivity index (χ1n) is 8.05. The van der Waals surface area contributed by atoms with Crippen molar-refractivity contribution in [1.82, 2.24) is 14.6 Å². The van der Waals surface area contributed by atoms with E-state index in [0.717, 1.165) is 5.69 Å². The van der Waals surface area contributed by atoms with Gasteiger partial charge in [-0.3, -0.25) is 4.79 Å². The molecule has 0 atom stereocenters. The normalized spacial score (nSPS) is 13.9.